The Morgan fingerprint density at radius 3 is 2.45 bits per heavy atom. The van der Waals surface area contributed by atoms with Crippen molar-refractivity contribution in [3.8, 4) is 0 Å². The molecule has 0 bridgehead atoms. The molecule has 0 spiro atoms. The average Bonchev–Trinajstić information content (AvgIpc) is 2.72. The first-order valence-electron chi connectivity index (χ1n) is 10.5. The molecule has 4 nitrogen and oxygen atoms in total. The summed E-state index contributed by atoms with van der Waals surface area (Å²) in [6.07, 6.45) is 2.33. The van der Waals surface area contributed by atoms with Crippen molar-refractivity contribution in [2.75, 3.05) is 0 Å². The van der Waals surface area contributed by atoms with Crippen LogP contribution in [0.25, 0.3) is 0 Å². The van der Waals surface area contributed by atoms with Crippen LogP contribution in [0.2, 0.25) is 0 Å². The average molecular weight is 397 g/mol. The van der Waals surface area contributed by atoms with Crippen molar-refractivity contribution in [2.45, 2.75) is 72.7 Å². The number of benzene rings is 1. The molecular formula is C25H32O4. The molecule has 4 atom stereocenters. The maximum atomic E-state index is 12.7. The highest BCUT2D eigenvalue weighted by Crippen LogP contribution is 2.36. The number of hydrogen-bond acceptors (Lipinski definition) is 4. The molecule has 3 rings (SSSR count). The van der Waals surface area contributed by atoms with E-state index in [-0.39, 0.29) is 29.5 Å². The molecule has 0 saturated carbocycles. The van der Waals surface area contributed by atoms with Gasteiger partial charge in [-0.1, -0.05) is 51.1 Å². The van der Waals surface area contributed by atoms with Gasteiger partial charge in [0.25, 0.3) is 0 Å². The largest absolute Gasteiger partial charge is 0.497 e. The Balaban J connectivity index is 1.84. The van der Waals surface area contributed by atoms with Crippen LogP contribution in [-0.4, -0.2) is 12.2 Å². The van der Waals surface area contributed by atoms with Gasteiger partial charge in [-0.05, 0) is 31.9 Å². The summed E-state index contributed by atoms with van der Waals surface area (Å²) in [6.45, 7) is 12.5. The van der Waals surface area contributed by atoms with Crippen LogP contribution in [0.1, 0.15) is 61.8 Å². The zero-order chi connectivity index (χ0) is 21.1. The van der Waals surface area contributed by atoms with E-state index < -0.39 is 0 Å². The molecule has 1 aromatic heterocycles. The van der Waals surface area contributed by atoms with Crippen molar-refractivity contribution in [3.63, 3.8) is 0 Å². The van der Waals surface area contributed by atoms with Gasteiger partial charge in [-0.25, -0.2) is 0 Å². The van der Waals surface area contributed by atoms with Crippen LogP contribution < -0.4 is 5.43 Å². The molecule has 1 aliphatic heterocycles. The second kappa shape index (κ2) is 9.00. The fourth-order valence-electron chi connectivity index (χ4n) is 4.31. The molecule has 0 unspecified atom stereocenters. The van der Waals surface area contributed by atoms with Gasteiger partial charge in [0.2, 0.25) is 0 Å². The zero-order valence-electron chi connectivity index (χ0n) is 18.3. The highest BCUT2D eigenvalue weighted by atomic mass is 16.5. The molecule has 0 radical (unpaired) electrons. The van der Waals surface area contributed by atoms with Crippen LogP contribution in [0.4, 0.5) is 0 Å². The number of rotatable bonds is 6. The Morgan fingerprint density at radius 2 is 1.79 bits per heavy atom. The first-order chi connectivity index (χ1) is 13.8. The fourth-order valence-corrected chi connectivity index (χ4v) is 4.31. The summed E-state index contributed by atoms with van der Waals surface area (Å²) < 4.78 is 18.6. The van der Waals surface area contributed by atoms with Gasteiger partial charge in [-0.3, -0.25) is 4.79 Å². The molecule has 2 aromatic rings. The van der Waals surface area contributed by atoms with Crippen molar-refractivity contribution < 1.29 is 13.9 Å². The first-order valence-corrected chi connectivity index (χ1v) is 10.5. The maximum Gasteiger partial charge on any atom is 0.191 e. The van der Waals surface area contributed by atoms with Gasteiger partial charge >= 0.3 is 0 Å². The van der Waals surface area contributed by atoms with E-state index in [2.05, 4.69) is 26.0 Å². The lowest BCUT2D eigenvalue weighted by atomic mass is 9.83. The van der Waals surface area contributed by atoms with E-state index in [1.165, 1.54) is 0 Å². The zero-order valence-corrected chi connectivity index (χ0v) is 18.3. The molecule has 0 N–H and O–H groups in total. The molecule has 0 amide bonds. The van der Waals surface area contributed by atoms with Crippen LogP contribution in [0.15, 0.2) is 51.4 Å². The highest BCUT2D eigenvalue weighted by Gasteiger charge is 2.38. The lowest BCUT2D eigenvalue weighted by Crippen LogP contribution is -2.40. The molecule has 0 saturated heterocycles. The van der Waals surface area contributed by atoms with Gasteiger partial charge in [0.05, 0.1) is 24.9 Å². The SMILES string of the molecule is CCc1oc([C@@H](C)[C@H]2OC=C(C)[C@@H](OCc3ccccc3)[C@H]2C)c(C)c(=O)c1C. The van der Waals surface area contributed by atoms with Crippen molar-refractivity contribution in [1.29, 1.82) is 0 Å². The molecular weight excluding hydrogens is 364 g/mol. The molecule has 0 fully saturated rings. The molecule has 1 aromatic carbocycles. The summed E-state index contributed by atoms with van der Waals surface area (Å²) in [5, 5.41) is 0. The maximum absolute atomic E-state index is 12.7. The van der Waals surface area contributed by atoms with Gasteiger partial charge in [-0.2, -0.15) is 0 Å². The smallest absolute Gasteiger partial charge is 0.191 e. The van der Waals surface area contributed by atoms with Gasteiger partial charge in [0, 0.05) is 23.5 Å². The summed E-state index contributed by atoms with van der Waals surface area (Å²) in [6, 6.07) is 10.2. The quantitative estimate of drug-likeness (QED) is 0.652. The second-order valence-corrected chi connectivity index (χ2v) is 8.15. The van der Waals surface area contributed by atoms with Crippen molar-refractivity contribution in [2.24, 2.45) is 5.92 Å². The highest BCUT2D eigenvalue weighted by molar-refractivity contribution is 5.29. The second-order valence-electron chi connectivity index (χ2n) is 8.15. The molecule has 2 heterocycles. The molecule has 0 aliphatic carbocycles. The van der Waals surface area contributed by atoms with E-state index in [4.69, 9.17) is 13.9 Å². The normalized spacial score (nSPS) is 22.7. The van der Waals surface area contributed by atoms with E-state index in [0.29, 0.717) is 24.2 Å². The molecule has 29 heavy (non-hydrogen) atoms. The molecule has 4 heteroatoms. The predicted molar refractivity (Wildman–Crippen MR) is 115 cm³/mol. The van der Waals surface area contributed by atoms with E-state index >= 15 is 0 Å². The summed E-state index contributed by atoms with van der Waals surface area (Å²) in [7, 11) is 0. The fraction of sp³-hybridized carbons (Fsp3) is 0.480. The number of ether oxygens (including phenoxy) is 2. The van der Waals surface area contributed by atoms with Crippen molar-refractivity contribution in [3.05, 3.63) is 80.6 Å². The third kappa shape index (κ3) is 4.32. The predicted octanol–water partition coefficient (Wildman–Crippen LogP) is 5.45. The topological polar surface area (TPSA) is 48.7 Å². The number of aryl methyl sites for hydroxylation is 1. The molecule has 156 valence electrons. The Labute approximate surface area is 173 Å². The standard InChI is InChI=1S/C25H32O4/c1-7-21-16(3)22(26)17(4)25(29-21)19(6)24-18(5)23(15(2)13-27-24)28-14-20-11-9-8-10-12-20/h8-13,18-19,23-24H,7,14H2,1-6H3/t18-,19+,23-,24+/m1/s1. The lowest BCUT2D eigenvalue weighted by molar-refractivity contribution is -0.0529. The minimum atomic E-state index is -0.131. The van der Waals surface area contributed by atoms with Crippen LogP contribution in [0.3, 0.4) is 0 Å². The van der Waals surface area contributed by atoms with Gasteiger partial charge in [-0.15, -0.1) is 0 Å². The van der Waals surface area contributed by atoms with Crippen LogP contribution >= 0.6 is 0 Å². The van der Waals surface area contributed by atoms with Gasteiger partial charge in [0.1, 0.15) is 17.6 Å². The third-order valence-corrected chi connectivity index (χ3v) is 6.06. The number of hydrogen-bond donors (Lipinski definition) is 0. The minimum absolute atomic E-state index is 0.0421. The Bertz CT molecular complexity index is 926. The van der Waals surface area contributed by atoms with Crippen LogP contribution in [0, 0.1) is 19.8 Å². The van der Waals surface area contributed by atoms with E-state index in [1.807, 2.05) is 45.9 Å². The van der Waals surface area contributed by atoms with Crippen molar-refractivity contribution >= 4 is 0 Å². The monoisotopic (exact) mass is 396 g/mol. The Morgan fingerprint density at radius 1 is 1.10 bits per heavy atom. The van der Waals surface area contributed by atoms with Crippen LogP contribution in [0.5, 0.6) is 0 Å². The Hall–Kier alpha value is -2.33. The first kappa shape index (κ1) is 21.4. The summed E-state index contributed by atoms with van der Waals surface area (Å²) in [4.78, 5) is 12.7. The Kier molecular flexibility index (Phi) is 6.63. The summed E-state index contributed by atoms with van der Waals surface area (Å²) >= 11 is 0. The summed E-state index contributed by atoms with van der Waals surface area (Å²) in [5.41, 5.74) is 3.68. The lowest BCUT2D eigenvalue weighted by Gasteiger charge is -2.38. The minimum Gasteiger partial charge on any atom is -0.497 e. The molecule has 1 aliphatic rings. The van der Waals surface area contributed by atoms with E-state index in [9.17, 15) is 4.79 Å². The van der Waals surface area contributed by atoms with Crippen LogP contribution in [-0.2, 0) is 22.5 Å². The van der Waals surface area contributed by atoms with Crippen molar-refractivity contribution in [1.82, 2.24) is 0 Å². The van der Waals surface area contributed by atoms with Gasteiger partial charge < -0.3 is 13.9 Å². The summed E-state index contributed by atoms with van der Waals surface area (Å²) in [5.74, 6) is 1.55. The van der Waals surface area contributed by atoms with E-state index in [0.717, 1.165) is 22.7 Å². The van der Waals surface area contributed by atoms with E-state index in [1.54, 1.807) is 6.26 Å². The van der Waals surface area contributed by atoms with Gasteiger partial charge in [0.15, 0.2) is 5.43 Å². The third-order valence-electron chi connectivity index (χ3n) is 6.06.